The van der Waals surface area contributed by atoms with Crippen LogP contribution in [0.1, 0.15) is 38.2 Å². The Morgan fingerprint density at radius 2 is 1.83 bits per heavy atom. The van der Waals surface area contributed by atoms with Crippen molar-refractivity contribution in [3.05, 3.63) is 29.8 Å². The Labute approximate surface area is 146 Å². The maximum absolute atomic E-state index is 5.68. The quantitative estimate of drug-likeness (QED) is 0.799. The number of hydrogen-bond donors (Lipinski definition) is 0. The maximum Gasteiger partial charge on any atom is 0.118 e. The van der Waals surface area contributed by atoms with Crippen molar-refractivity contribution in [1.29, 1.82) is 0 Å². The van der Waals surface area contributed by atoms with Crippen LogP contribution in [-0.4, -0.2) is 61.8 Å². The summed E-state index contributed by atoms with van der Waals surface area (Å²) in [5.41, 5.74) is 1.79. The van der Waals surface area contributed by atoms with Crippen molar-refractivity contribution in [1.82, 2.24) is 9.80 Å². The van der Waals surface area contributed by atoms with Crippen LogP contribution in [0.2, 0.25) is 0 Å². The lowest BCUT2D eigenvalue weighted by Crippen LogP contribution is -2.52. The normalized spacial score (nSPS) is 24.5. The van der Waals surface area contributed by atoms with E-state index < -0.39 is 0 Å². The molecule has 0 bridgehead atoms. The van der Waals surface area contributed by atoms with Gasteiger partial charge in [-0.05, 0) is 57.4 Å². The highest BCUT2D eigenvalue weighted by Crippen LogP contribution is 2.40. The number of likely N-dealkylation sites (tertiary alicyclic amines) is 2. The Morgan fingerprint density at radius 1 is 1.12 bits per heavy atom. The van der Waals surface area contributed by atoms with Gasteiger partial charge in [0.2, 0.25) is 0 Å². The second-order valence-corrected chi connectivity index (χ2v) is 7.31. The fourth-order valence-corrected chi connectivity index (χ4v) is 4.36. The van der Waals surface area contributed by atoms with Crippen molar-refractivity contribution in [3.8, 4) is 5.75 Å². The lowest BCUT2D eigenvalue weighted by molar-refractivity contribution is 0.0206. The molecule has 134 valence electrons. The van der Waals surface area contributed by atoms with Crippen LogP contribution in [0.4, 0.5) is 0 Å². The zero-order chi connectivity index (χ0) is 17.0. The molecule has 24 heavy (non-hydrogen) atoms. The van der Waals surface area contributed by atoms with Gasteiger partial charge < -0.3 is 9.47 Å². The Kier molecular flexibility index (Phi) is 5.80. The van der Waals surface area contributed by atoms with E-state index in [4.69, 9.17) is 9.47 Å². The summed E-state index contributed by atoms with van der Waals surface area (Å²) in [6, 6.07) is 9.10. The van der Waals surface area contributed by atoms with Gasteiger partial charge in [-0.25, -0.2) is 0 Å². The Balaban J connectivity index is 1.52. The summed E-state index contributed by atoms with van der Waals surface area (Å²) in [7, 11) is 4.03. The van der Waals surface area contributed by atoms with Crippen LogP contribution in [0.3, 0.4) is 0 Å². The molecule has 2 fully saturated rings. The Hall–Kier alpha value is -1.10. The molecule has 1 aromatic rings. The number of rotatable bonds is 6. The van der Waals surface area contributed by atoms with Gasteiger partial charge in [-0.3, -0.25) is 9.80 Å². The summed E-state index contributed by atoms with van der Waals surface area (Å²) < 4.78 is 10.9. The highest BCUT2D eigenvalue weighted by Gasteiger charge is 2.45. The van der Waals surface area contributed by atoms with Crippen molar-refractivity contribution in [2.75, 3.05) is 40.5 Å². The molecule has 2 heterocycles. The predicted octanol–water partition coefficient (Wildman–Crippen LogP) is 3.16. The van der Waals surface area contributed by atoms with E-state index in [0.29, 0.717) is 11.6 Å². The topological polar surface area (TPSA) is 24.9 Å². The molecule has 0 amide bonds. The molecule has 1 spiro atoms. The lowest BCUT2D eigenvalue weighted by Gasteiger charge is -2.45. The number of likely N-dealkylation sites (N-methyl/N-ethyl adjacent to an activating group) is 1. The van der Waals surface area contributed by atoms with Crippen LogP contribution in [0, 0.1) is 0 Å². The third-order valence-electron chi connectivity index (χ3n) is 6.11. The van der Waals surface area contributed by atoms with Gasteiger partial charge in [-0.1, -0.05) is 12.1 Å². The molecule has 0 radical (unpaired) electrons. The lowest BCUT2D eigenvalue weighted by atomic mass is 9.85. The molecule has 0 aliphatic carbocycles. The third kappa shape index (κ3) is 3.76. The van der Waals surface area contributed by atoms with Crippen molar-refractivity contribution < 1.29 is 9.47 Å². The van der Waals surface area contributed by atoms with E-state index in [1.807, 2.05) is 0 Å². The van der Waals surface area contributed by atoms with Crippen molar-refractivity contribution in [2.24, 2.45) is 0 Å². The monoisotopic (exact) mass is 332 g/mol. The van der Waals surface area contributed by atoms with E-state index in [9.17, 15) is 0 Å². The first-order valence-corrected chi connectivity index (χ1v) is 9.33. The molecule has 0 N–H and O–H groups in total. The molecule has 4 nitrogen and oxygen atoms in total. The molecule has 1 unspecified atom stereocenters. The first-order valence-electron chi connectivity index (χ1n) is 9.33. The van der Waals surface area contributed by atoms with Crippen LogP contribution in [0.15, 0.2) is 24.3 Å². The summed E-state index contributed by atoms with van der Waals surface area (Å²) in [4.78, 5) is 5.23. The SMILES string of the molecule is CCOCC1CCC2(CCN(Cc3ccc(OC)cc3)CC2)N1C. The molecule has 2 aliphatic rings. The van der Waals surface area contributed by atoms with Gasteiger partial charge in [0.05, 0.1) is 13.7 Å². The molecular weight excluding hydrogens is 300 g/mol. The smallest absolute Gasteiger partial charge is 0.118 e. The molecule has 3 rings (SSSR count). The van der Waals surface area contributed by atoms with E-state index in [1.54, 1.807) is 7.11 Å². The molecule has 0 saturated carbocycles. The van der Waals surface area contributed by atoms with E-state index in [2.05, 4.69) is 48.0 Å². The summed E-state index contributed by atoms with van der Waals surface area (Å²) in [6.45, 7) is 7.24. The minimum atomic E-state index is 0.415. The second-order valence-electron chi connectivity index (χ2n) is 7.31. The summed E-state index contributed by atoms with van der Waals surface area (Å²) in [5, 5.41) is 0. The fourth-order valence-electron chi connectivity index (χ4n) is 4.36. The third-order valence-corrected chi connectivity index (χ3v) is 6.11. The van der Waals surface area contributed by atoms with Crippen molar-refractivity contribution >= 4 is 0 Å². The first-order chi connectivity index (χ1) is 11.7. The Morgan fingerprint density at radius 3 is 2.46 bits per heavy atom. The van der Waals surface area contributed by atoms with Crippen LogP contribution in [0.5, 0.6) is 5.75 Å². The number of piperidine rings is 1. The average Bonchev–Trinajstić information content (AvgIpc) is 2.92. The van der Waals surface area contributed by atoms with Gasteiger partial charge in [-0.15, -0.1) is 0 Å². The summed E-state index contributed by atoms with van der Waals surface area (Å²) in [6.07, 6.45) is 5.18. The second kappa shape index (κ2) is 7.85. The zero-order valence-electron chi connectivity index (χ0n) is 15.5. The number of nitrogens with zero attached hydrogens (tertiary/aromatic N) is 2. The average molecular weight is 332 g/mol. The highest BCUT2D eigenvalue weighted by atomic mass is 16.5. The largest absolute Gasteiger partial charge is 0.497 e. The number of ether oxygens (including phenoxy) is 2. The van der Waals surface area contributed by atoms with Gasteiger partial charge >= 0.3 is 0 Å². The van der Waals surface area contributed by atoms with Gasteiger partial charge in [0.25, 0.3) is 0 Å². The summed E-state index contributed by atoms with van der Waals surface area (Å²) >= 11 is 0. The maximum atomic E-state index is 5.68. The van der Waals surface area contributed by atoms with Crippen LogP contribution >= 0.6 is 0 Å². The molecule has 4 heteroatoms. The van der Waals surface area contributed by atoms with Crippen molar-refractivity contribution in [3.63, 3.8) is 0 Å². The van der Waals surface area contributed by atoms with Gasteiger partial charge in [0, 0.05) is 37.8 Å². The zero-order valence-corrected chi connectivity index (χ0v) is 15.5. The molecule has 2 saturated heterocycles. The standard InChI is InChI=1S/C20H32N2O2/c1-4-24-16-18-9-10-20(21(18)2)11-13-22(14-12-20)15-17-5-7-19(23-3)8-6-17/h5-8,18H,4,9-16H2,1-3H3. The minimum Gasteiger partial charge on any atom is -0.497 e. The van der Waals surface area contributed by atoms with E-state index in [1.165, 1.54) is 44.3 Å². The van der Waals surface area contributed by atoms with Gasteiger partial charge in [0.15, 0.2) is 0 Å². The summed E-state index contributed by atoms with van der Waals surface area (Å²) in [5.74, 6) is 0.935. The Bertz CT molecular complexity index is 509. The van der Waals surface area contributed by atoms with Crippen LogP contribution < -0.4 is 4.74 Å². The van der Waals surface area contributed by atoms with Gasteiger partial charge in [0.1, 0.15) is 5.75 Å². The van der Waals surface area contributed by atoms with E-state index in [-0.39, 0.29) is 0 Å². The fraction of sp³-hybridized carbons (Fsp3) is 0.700. The highest BCUT2D eigenvalue weighted by molar-refractivity contribution is 5.27. The number of benzene rings is 1. The number of methoxy groups -OCH3 is 1. The molecular formula is C20H32N2O2. The van der Waals surface area contributed by atoms with Gasteiger partial charge in [-0.2, -0.15) is 0 Å². The predicted molar refractivity (Wildman–Crippen MR) is 97.5 cm³/mol. The molecule has 1 aromatic carbocycles. The van der Waals surface area contributed by atoms with Crippen LogP contribution in [-0.2, 0) is 11.3 Å². The molecule has 1 atom stereocenters. The molecule has 0 aromatic heterocycles. The minimum absolute atomic E-state index is 0.415. The van der Waals surface area contributed by atoms with Crippen molar-refractivity contribution in [2.45, 2.75) is 50.7 Å². The van der Waals surface area contributed by atoms with Crippen LogP contribution in [0.25, 0.3) is 0 Å². The molecule has 2 aliphatic heterocycles. The number of hydrogen-bond acceptors (Lipinski definition) is 4. The van der Waals surface area contributed by atoms with E-state index >= 15 is 0 Å². The van der Waals surface area contributed by atoms with E-state index in [0.717, 1.165) is 25.5 Å². The first kappa shape index (κ1) is 17.7.